The number of methoxy groups -OCH3 is 1. The first kappa shape index (κ1) is 20.9. The number of rotatable bonds is 6. The van der Waals surface area contributed by atoms with Crippen molar-refractivity contribution < 1.29 is 4.74 Å². The summed E-state index contributed by atoms with van der Waals surface area (Å²) in [4.78, 5) is 7.01. The second kappa shape index (κ2) is 10.6. The van der Waals surface area contributed by atoms with Crippen LogP contribution in [0.25, 0.3) is 0 Å². The molecule has 1 aliphatic heterocycles. The first-order valence-corrected chi connectivity index (χ1v) is 7.72. The van der Waals surface area contributed by atoms with Crippen molar-refractivity contribution in [2.75, 3.05) is 46.9 Å². The van der Waals surface area contributed by atoms with Gasteiger partial charge in [0.1, 0.15) is 0 Å². The van der Waals surface area contributed by atoms with Crippen LogP contribution in [0.3, 0.4) is 0 Å². The van der Waals surface area contributed by atoms with Gasteiger partial charge in [-0.3, -0.25) is 4.99 Å². The van der Waals surface area contributed by atoms with Gasteiger partial charge in [0.2, 0.25) is 0 Å². The Bertz CT molecular complexity index is 302. The number of nitrogens with zero attached hydrogens (tertiary/aromatic N) is 2. The van der Waals surface area contributed by atoms with Crippen molar-refractivity contribution in [3.63, 3.8) is 0 Å². The molecule has 6 heteroatoms. The Balaban J connectivity index is 0.00000400. The number of guanidine groups is 1. The number of hydrogen-bond acceptors (Lipinski definition) is 3. The molecule has 0 radical (unpaired) electrons. The van der Waals surface area contributed by atoms with Crippen LogP contribution in [-0.4, -0.2) is 63.3 Å². The molecule has 0 spiro atoms. The molecule has 1 aliphatic rings. The van der Waals surface area contributed by atoms with Crippen molar-refractivity contribution in [1.29, 1.82) is 0 Å². The molecular formula is C15H33IN4O. The summed E-state index contributed by atoms with van der Waals surface area (Å²) in [5.41, 5.74) is -0.212. The molecule has 1 heterocycles. The van der Waals surface area contributed by atoms with Gasteiger partial charge in [0.15, 0.2) is 5.96 Å². The Morgan fingerprint density at radius 2 is 1.90 bits per heavy atom. The van der Waals surface area contributed by atoms with Gasteiger partial charge in [0, 0.05) is 20.2 Å². The average molecular weight is 412 g/mol. The Labute approximate surface area is 147 Å². The summed E-state index contributed by atoms with van der Waals surface area (Å²) in [6, 6.07) is 0. The molecule has 0 atom stereocenters. The zero-order valence-electron chi connectivity index (χ0n) is 14.2. The number of likely N-dealkylation sites (tertiary alicyclic amines) is 1. The molecule has 0 saturated carbocycles. The highest BCUT2D eigenvalue weighted by atomic mass is 127. The van der Waals surface area contributed by atoms with Crippen molar-refractivity contribution in [2.24, 2.45) is 10.9 Å². The Hall–Kier alpha value is -0.0800. The maximum absolute atomic E-state index is 5.40. The van der Waals surface area contributed by atoms with E-state index >= 15 is 0 Å². The molecule has 0 aliphatic carbocycles. The van der Waals surface area contributed by atoms with E-state index in [0.717, 1.165) is 25.0 Å². The van der Waals surface area contributed by atoms with Crippen LogP contribution < -0.4 is 10.6 Å². The summed E-state index contributed by atoms with van der Waals surface area (Å²) < 4.78 is 5.40. The standard InChI is InChI=1S/C15H32N4O.HI/c1-6-16-14(18-12-15(2,3)20-5)17-11-13-7-9-19(4)10-8-13;/h13H,6-12H2,1-5H3,(H2,16,17,18);1H. The van der Waals surface area contributed by atoms with E-state index < -0.39 is 0 Å². The van der Waals surface area contributed by atoms with E-state index in [9.17, 15) is 0 Å². The number of ether oxygens (including phenoxy) is 1. The molecule has 1 saturated heterocycles. The van der Waals surface area contributed by atoms with Gasteiger partial charge in [-0.15, -0.1) is 24.0 Å². The summed E-state index contributed by atoms with van der Waals surface area (Å²) >= 11 is 0. The van der Waals surface area contributed by atoms with Gasteiger partial charge in [-0.1, -0.05) is 0 Å². The maximum atomic E-state index is 5.40. The highest BCUT2D eigenvalue weighted by Crippen LogP contribution is 2.14. The predicted molar refractivity (Wildman–Crippen MR) is 101 cm³/mol. The second-order valence-electron chi connectivity index (χ2n) is 6.29. The first-order chi connectivity index (χ1) is 9.46. The summed E-state index contributed by atoms with van der Waals surface area (Å²) in [6.45, 7) is 11.2. The number of piperidine rings is 1. The van der Waals surface area contributed by atoms with E-state index in [4.69, 9.17) is 4.74 Å². The Morgan fingerprint density at radius 3 is 2.43 bits per heavy atom. The lowest BCUT2D eigenvalue weighted by Gasteiger charge is -2.29. The summed E-state index contributed by atoms with van der Waals surface area (Å²) in [5.74, 6) is 1.65. The zero-order valence-corrected chi connectivity index (χ0v) is 16.6. The molecule has 126 valence electrons. The van der Waals surface area contributed by atoms with Gasteiger partial charge in [-0.2, -0.15) is 0 Å². The van der Waals surface area contributed by atoms with Crippen LogP contribution in [0.4, 0.5) is 0 Å². The molecule has 0 aromatic rings. The minimum Gasteiger partial charge on any atom is -0.377 e. The third kappa shape index (κ3) is 8.83. The van der Waals surface area contributed by atoms with Crippen molar-refractivity contribution >= 4 is 29.9 Å². The summed E-state index contributed by atoms with van der Waals surface area (Å²) in [6.07, 6.45) is 2.54. The fraction of sp³-hybridized carbons (Fsp3) is 0.933. The molecule has 5 nitrogen and oxygen atoms in total. The fourth-order valence-electron chi connectivity index (χ4n) is 2.18. The molecule has 0 unspecified atom stereocenters. The first-order valence-electron chi connectivity index (χ1n) is 7.72. The lowest BCUT2D eigenvalue weighted by Crippen LogP contribution is -2.43. The van der Waals surface area contributed by atoms with Crippen LogP contribution in [0.1, 0.15) is 33.6 Å². The predicted octanol–water partition coefficient (Wildman–Crippen LogP) is 1.93. The minimum absolute atomic E-state index is 0. The van der Waals surface area contributed by atoms with Gasteiger partial charge in [-0.25, -0.2) is 0 Å². The van der Waals surface area contributed by atoms with Gasteiger partial charge in [0.25, 0.3) is 0 Å². The van der Waals surface area contributed by atoms with Gasteiger partial charge in [-0.05, 0) is 59.7 Å². The van der Waals surface area contributed by atoms with Crippen LogP contribution in [0.15, 0.2) is 4.99 Å². The van der Waals surface area contributed by atoms with Crippen LogP contribution in [-0.2, 0) is 4.74 Å². The quantitative estimate of drug-likeness (QED) is 0.398. The Kier molecular flexibility index (Phi) is 10.6. The molecule has 0 aromatic carbocycles. The molecule has 21 heavy (non-hydrogen) atoms. The molecule has 0 aromatic heterocycles. The van der Waals surface area contributed by atoms with Crippen LogP contribution in [0.5, 0.6) is 0 Å². The number of halogens is 1. The monoisotopic (exact) mass is 412 g/mol. The van der Waals surface area contributed by atoms with E-state index in [-0.39, 0.29) is 29.6 Å². The van der Waals surface area contributed by atoms with Crippen molar-refractivity contribution in [3.8, 4) is 0 Å². The number of hydrogen-bond donors (Lipinski definition) is 2. The zero-order chi connectivity index (χ0) is 15.0. The third-order valence-electron chi connectivity index (χ3n) is 3.91. The minimum atomic E-state index is -0.212. The SMILES string of the molecule is CCNC(=NCC(C)(C)OC)NCC1CCN(C)CC1.I. The molecule has 1 rings (SSSR count). The van der Waals surface area contributed by atoms with Crippen LogP contribution >= 0.6 is 24.0 Å². The van der Waals surface area contributed by atoms with E-state index in [2.05, 4.69) is 48.3 Å². The molecule has 1 fully saturated rings. The molecular weight excluding hydrogens is 379 g/mol. The van der Waals surface area contributed by atoms with Gasteiger partial charge >= 0.3 is 0 Å². The van der Waals surface area contributed by atoms with E-state index in [1.165, 1.54) is 25.9 Å². The van der Waals surface area contributed by atoms with Gasteiger partial charge < -0.3 is 20.3 Å². The highest BCUT2D eigenvalue weighted by Gasteiger charge is 2.18. The fourth-order valence-corrected chi connectivity index (χ4v) is 2.18. The van der Waals surface area contributed by atoms with Crippen molar-refractivity contribution in [2.45, 2.75) is 39.2 Å². The Morgan fingerprint density at radius 1 is 1.29 bits per heavy atom. The maximum Gasteiger partial charge on any atom is 0.191 e. The van der Waals surface area contributed by atoms with E-state index in [1.807, 2.05) is 0 Å². The smallest absolute Gasteiger partial charge is 0.191 e. The van der Waals surface area contributed by atoms with Crippen molar-refractivity contribution in [1.82, 2.24) is 15.5 Å². The largest absolute Gasteiger partial charge is 0.377 e. The normalized spacial score (nSPS) is 18.2. The third-order valence-corrected chi connectivity index (χ3v) is 3.91. The van der Waals surface area contributed by atoms with Crippen LogP contribution in [0.2, 0.25) is 0 Å². The average Bonchev–Trinajstić information content (AvgIpc) is 2.44. The van der Waals surface area contributed by atoms with E-state index in [0.29, 0.717) is 6.54 Å². The highest BCUT2D eigenvalue weighted by molar-refractivity contribution is 14.0. The molecule has 0 amide bonds. The second-order valence-corrected chi connectivity index (χ2v) is 6.29. The molecule has 0 bridgehead atoms. The summed E-state index contributed by atoms with van der Waals surface area (Å²) in [7, 11) is 3.93. The van der Waals surface area contributed by atoms with E-state index in [1.54, 1.807) is 7.11 Å². The topological polar surface area (TPSA) is 48.9 Å². The van der Waals surface area contributed by atoms with Crippen molar-refractivity contribution in [3.05, 3.63) is 0 Å². The van der Waals surface area contributed by atoms with Crippen LogP contribution in [0, 0.1) is 5.92 Å². The molecule has 2 N–H and O–H groups in total. The lowest BCUT2D eigenvalue weighted by molar-refractivity contribution is 0.0310. The number of nitrogens with one attached hydrogen (secondary N) is 2. The lowest BCUT2D eigenvalue weighted by atomic mass is 9.97. The summed E-state index contributed by atoms with van der Waals surface area (Å²) in [5, 5.41) is 6.77. The van der Waals surface area contributed by atoms with Gasteiger partial charge in [0.05, 0.1) is 12.1 Å². The number of aliphatic imine (C=N–C) groups is 1.